The first-order valence-electron chi connectivity index (χ1n) is 6.20. The summed E-state index contributed by atoms with van der Waals surface area (Å²) < 4.78 is 2.25. The van der Waals surface area contributed by atoms with Crippen LogP contribution in [0.5, 0.6) is 0 Å². The number of nitro groups is 1. The van der Waals surface area contributed by atoms with Gasteiger partial charge in [0.05, 0.1) is 15.1 Å². The summed E-state index contributed by atoms with van der Waals surface area (Å²) in [5.74, 6) is 0. The van der Waals surface area contributed by atoms with Gasteiger partial charge in [-0.1, -0.05) is 6.92 Å². The minimum Gasteiger partial charge on any atom is -0.381 e. The van der Waals surface area contributed by atoms with Crippen molar-refractivity contribution in [2.45, 2.75) is 19.9 Å². The number of benzene rings is 1. The molecule has 0 aliphatic carbocycles. The van der Waals surface area contributed by atoms with Crippen molar-refractivity contribution in [3.63, 3.8) is 0 Å². The standard InChI is InChI=1S/C13H15BrN4O2/c1-3-12-9(8-17(2)16-12)7-15-10-4-5-11(14)13(6-10)18(19)20/h4-6,8,15H,3,7H2,1-2H3. The highest BCUT2D eigenvalue weighted by molar-refractivity contribution is 9.10. The van der Waals surface area contributed by atoms with Crippen molar-refractivity contribution in [2.75, 3.05) is 5.32 Å². The minimum atomic E-state index is -0.406. The third-order valence-electron chi connectivity index (χ3n) is 2.95. The number of nitrogens with zero attached hydrogens (tertiary/aromatic N) is 3. The Morgan fingerprint density at radius 3 is 2.90 bits per heavy atom. The van der Waals surface area contributed by atoms with Crippen molar-refractivity contribution in [3.8, 4) is 0 Å². The molecule has 20 heavy (non-hydrogen) atoms. The molecule has 1 aromatic carbocycles. The van der Waals surface area contributed by atoms with Gasteiger partial charge in [0.1, 0.15) is 0 Å². The van der Waals surface area contributed by atoms with E-state index < -0.39 is 4.92 Å². The Kier molecular flexibility index (Phi) is 4.39. The maximum absolute atomic E-state index is 10.9. The SMILES string of the molecule is CCc1nn(C)cc1CNc1ccc(Br)c([N+](=O)[O-])c1. The fourth-order valence-corrected chi connectivity index (χ4v) is 2.38. The third-order valence-corrected chi connectivity index (χ3v) is 3.62. The van der Waals surface area contributed by atoms with E-state index in [1.165, 1.54) is 6.07 Å². The molecule has 1 N–H and O–H groups in total. The second-order valence-corrected chi connectivity index (χ2v) is 5.26. The Labute approximate surface area is 125 Å². The van der Waals surface area contributed by atoms with Gasteiger partial charge in [0.2, 0.25) is 0 Å². The highest BCUT2D eigenvalue weighted by Gasteiger charge is 2.12. The normalized spacial score (nSPS) is 10.6. The van der Waals surface area contributed by atoms with Gasteiger partial charge in [-0.25, -0.2) is 0 Å². The van der Waals surface area contributed by atoms with Gasteiger partial charge in [0.25, 0.3) is 5.69 Å². The molecule has 0 saturated heterocycles. The lowest BCUT2D eigenvalue weighted by Gasteiger charge is -2.06. The lowest BCUT2D eigenvalue weighted by Crippen LogP contribution is -2.01. The number of nitro benzene ring substituents is 1. The zero-order valence-electron chi connectivity index (χ0n) is 11.3. The van der Waals surface area contributed by atoms with Gasteiger partial charge >= 0.3 is 0 Å². The summed E-state index contributed by atoms with van der Waals surface area (Å²) in [6, 6.07) is 5.00. The van der Waals surface area contributed by atoms with E-state index in [0.29, 0.717) is 16.7 Å². The number of halogens is 1. The van der Waals surface area contributed by atoms with Crippen molar-refractivity contribution in [2.24, 2.45) is 7.05 Å². The number of rotatable bonds is 5. The van der Waals surface area contributed by atoms with Crippen molar-refractivity contribution >= 4 is 27.3 Å². The van der Waals surface area contributed by atoms with Gasteiger partial charge in [-0.05, 0) is 34.5 Å². The smallest absolute Gasteiger partial charge is 0.285 e. The number of aromatic nitrogens is 2. The molecule has 6 nitrogen and oxygen atoms in total. The predicted molar refractivity (Wildman–Crippen MR) is 80.7 cm³/mol. The Hall–Kier alpha value is -1.89. The molecular formula is C13H15BrN4O2. The Bertz CT molecular complexity index is 639. The van der Waals surface area contributed by atoms with Gasteiger partial charge in [-0.2, -0.15) is 5.10 Å². The van der Waals surface area contributed by atoms with E-state index in [1.54, 1.807) is 16.8 Å². The lowest BCUT2D eigenvalue weighted by molar-refractivity contribution is -0.385. The van der Waals surface area contributed by atoms with Gasteiger partial charge < -0.3 is 5.32 Å². The summed E-state index contributed by atoms with van der Waals surface area (Å²) in [5.41, 5.74) is 2.90. The molecule has 0 atom stereocenters. The highest BCUT2D eigenvalue weighted by Crippen LogP contribution is 2.28. The molecule has 0 unspecified atom stereocenters. The average Bonchev–Trinajstić information content (AvgIpc) is 2.77. The molecule has 0 spiro atoms. The largest absolute Gasteiger partial charge is 0.381 e. The highest BCUT2D eigenvalue weighted by atomic mass is 79.9. The van der Waals surface area contributed by atoms with Crippen LogP contribution in [0.1, 0.15) is 18.2 Å². The summed E-state index contributed by atoms with van der Waals surface area (Å²) in [6.07, 6.45) is 2.82. The summed E-state index contributed by atoms with van der Waals surface area (Å²) in [7, 11) is 1.88. The molecule has 0 aliphatic rings. The molecule has 0 amide bonds. The molecule has 0 aliphatic heterocycles. The van der Waals surface area contributed by atoms with Crippen LogP contribution in [-0.2, 0) is 20.0 Å². The maximum atomic E-state index is 10.9. The summed E-state index contributed by atoms with van der Waals surface area (Å²) in [5, 5.41) is 18.4. The second-order valence-electron chi connectivity index (χ2n) is 4.41. The van der Waals surface area contributed by atoms with Crippen LogP contribution in [-0.4, -0.2) is 14.7 Å². The molecule has 0 fully saturated rings. The van der Waals surface area contributed by atoms with E-state index >= 15 is 0 Å². The molecule has 0 saturated carbocycles. The molecule has 1 heterocycles. The fraction of sp³-hybridized carbons (Fsp3) is 0.308. The lowest BCUT2D eigenvalue weighted by atomic mass is 10.2. The van der Waals surface area contributed by atoms with Gasteiger partial charge in [-0.3, -0.25) is 14.8 Å². The monoisotopic (exact) mass is 338 g/mol. The van der Waals surface area contributed by atoms with Crippen LogP contribution in [0.3, 0.4) is 0 Å². The average molecular weight is 339 g/mol. The summed E-state index contributed by atoms with van der Waals surface area (Å²) >= 11 is 3.17. The minimum absolute atomic E-state index is 0.0527. The second kappa shape index (κ2) is 6.04. The first-order chi connectivity index (χ1) is 9.51. The molecular weight excluding hydrogens is 324 g/mol. The molecule has 2 aromatic rings. The van der Waals surface area contributed by atoms with Gasteiger partial charge in [-0.15, -0.1) is 0 Å². The van der Waals surface area contributed by atoms with E-state index in [-0.39, 0.29) is 5.69 Å². The predicted octanol–water partition coefficient (Wildman–Crippen LogP) is 3.27. The summed E-state index contributed by atoms with van der Waals surface area (Å²) in [6.45, 7) is 2.64. The number of hydrogen-bond donors (Lipinski definition) is 1. The summed E-state index contributed by atoms with van der Waals surface area (Å²) in [4.78, 5) is 10.5. The number of nitrogens with one attached hydrogen (secondary N) is 1. The molecule has 1 aromatic heterocycles. The molecule has 0 radical (unpaired) electrons. The van der Waals surface area contributed by atoms with Gasteiger partial charge in [0, 0.05) is 37.1 Å². The van der Waals surface area contributed by atoms with Crippen LogP contribution in [0.25, 0.3) is 0 Å². The molecule has 0 bridgehead atoms. The van der Waals surface area contributed by atoms with Crippen molar-refractivity contribution < 1.29 is 4.92 Å². The number of aryl methyl sites for hydroxylation is 2. The Morgan fingerprint density at radius 2 is 2.25 bits per heavy atom. The quantitative estimate of drug-likeness (QED) is 0.670. The first kappa shape index (κ1) is 14.5. The van der Waals surface area contributed by atoms with E-state index in [0.717, 1.165) is 17.7 Å². The van der Waals surface area contributed by atoms with Gasteiger partial charge in [0.15, 0.2) is 0 Å². The van der Waals surface area contributed by atoms with Crippen LogP contribution < -0.4 is 5.32 Å². The van der Waals surface area contributed by atoms with Crippen LogP contribution in [0.2, 0.25) is 0 Å². The number of anilines is 1. The first-order valence-corrected chi connectivity index (χ1v) is 6.99. The van der Waals surface area contributed by atoms with Crippen molar-refractivity contribution in [1.29, 1.82) is 0 Å². The third kappa shape index (κ3) is 3.16. The van der Waals surface area contributed by atoms with Crippen LogP contribution >= 0.6 is 15.9 Å². The Balaban J connectivity index is 2.14. The zero-order chi connectivity index (χ0) is 14.7. The van der Waals surface area contributed by atoms with Crippen molar-refractivity contribution in [1.82, 2.24) is 9.78 Å². The molecule has 7 heteroatoms. The Morgan fingerprint density at radius 1 is 1.50 bits per heavy atom. The topological polar surface area (TPSA) is 73.0 Å². The zero-order valence-corrected chi connectivity index (χ0v) is 12.8. The van der Waals surface area contributed by atoms with E-state index in [1.807, 2.05) is 13.2 Å². The molecule has 2 rings (SSSR count). The van der Waals surface area contributed by atoms with Crippen molar-refractivity contribution in [3.05, 3.63) is 50.2 Å². The fourth-order valence-electron chi connectivity index (χ4n) is 1.99. The van der Waals surface area contributed by atoms with Crippen LogP contribution in [0.15, 0.2) is 28.9 Å². The van der Waals surface area contributed by atoms with E-state index in [9.17, 15) is 10.1 Å². The molecule has 106 valence electrons. The van der Waals surface area contributed by atoms with E-state index in [4.69, 9.17) is 0 Å². The van der Waals surface area contributed by atoms with Crippen LogP contribution in [0.4, 0.5) is 11.4 Å². The maximum Gasteiger partial charge on any atom is 0.285 e. The van der Waals surface area contributed by atoms with E-state index in [2.05, 4.69) is 33.3 Å². The number of hydrogen-bond acceptors (Lipinski definition) is 4. The van der Waals surface area contributed by atoms with Crippen LogP contribution in [0, 0.1) is 10.1 Å².